The van der Waals surface area contributed by atoms with E-state index < -0.39 is 0 Å². The standard InChI is InChI=1S/C15H14N8O/c24-15(21-12-7-16-3-4-17-12)11-8-22(9-11)13-6-14(19-10-18-13)23-5-1-2-20-23/h1-7,10-11H,8-9H2,(H,17,21,24). The molecule has 0 aromatic carbocycles. The van der Waals surface area contributed by atoms with Crippen LogP contribution in [-0.4, -0.2) is 48.7 Å². The van der Waals surface area contributed by atoms with Crippen molar-refractivity contribution in [3.63, 3.8) is 0 Å². The van der Waals surface area contributed by atoms with E-state index in [2.05, 4.69) is 30.4 Å². The van der Waals surface area contributed by atoms with Gasteiger partial charge in [0.2, 0.25) is 5.91 Å². The Morgan fingerprint density at radius 2 is 2.00 bits per heavy atom. The van der Waals surface area contributed by atoms with Crippen LogP contribution in [0.1, 0.15) is 0 Å². The van der Waals surface area contributed by atoms with E-state index >= 15 is 0 Å². The van der Waals surface area contributed by atoms with Crippen LogP contribution in [0.5, 0.6) is 0 Å². The summed E-state index contributed by atoms with van der Waals surface area (Å²) in [6.45, 7) is 1.20. The monoisotopic (exact) mass is 322 g/mol. The lowest BCUT2D eigenvalue weighted by Gasteiger charge is -2.38. The molecule has 1 amide bonds. The zero-order valence-corrected chi connectivity index (χ0v) is 12.6. The highest BCUT2D eigenvalue weighted by atomic mass is 16.2. The molecule has 0 spiro atoms. The smallest absolute Gasteiger partial charge is 0.232 e. The van der Waals surface area contributed by atoms with Gasteiger partial charge in [0, 0.05) is 43.9 Å². The maximum absolute atomic E-state index is 12.2. The lowest BCUT2D eigenvalue weighted by Crippen LogP contribution is -2.52. The molecule has 0 bridgehead atoms. The molecule has 1 fully saturated rings. The van der Waals surface area contributed by atoms with Crippen molar-refractivity contribution in [3.8, 4) is 5.82 Å². The predicted octanol–water partition coefficient (Wildman–Crippen LogP) is 0.527. The molecule has 4 heterocycles. The van der Waals surface area contributed by atoms with Crippen molar-refractivity contribution in [2.75, 3.05) is 23.3 Å². The van der Waals surface area contributed by atoms with Crippen LogP contribution in [0.15, 0.2) is 49.4 Å². The number of aromatic nitrogens is 6. The second-order valence-electron chi connectivity index (χ2n) is 5.37. The van der Waals surface area contributed by atoms with E-state index in [-0.39, 0.29) is 11.8 Å². The number of amides is 1. The van der Waals surface area contributed by atoms with Gasteiger partial charge in [-0.3, -0.25) is 9.78 Å². The van der Waals surface area contributed by atoms with Crippen molar-refractivity contribution in [1.29, 1.82) is 0 Å². The minimum absolute atomic E-state index is 0.0619. The second-order valence-corrected chi connectivity index (χ2v) is 5.37. The topological polar surface area (TPSA) is 102 Å². The van der Waals surface area contributed by atoms with Crippen molar-refractivity contribution in [2.45, 2.75) is 0 Å². The molecule has 0 atom stereocenters. The molecule has 3 aromatic heterocycles. The first kappa shape index (κ1) is 14.2. The third kappa shape index (κ3) is 2.78. The van der Waals surface area contributed by atoms with Crippen LogP contribution >= 0.6 is 0 Å². The minimum Gasteiger partial charge on any atom is -0.355 e. The Morgan fingerprint density at radius 1 is 1.12 bits per heavy atom. The number of nitrogens with one attached hydrogen (secondary N) is 1. The number of rotatable bonds is 4. The normalized spacial score (nSPS) is 14.2. The number of nitrogens with zero attached hydrogens (tertiary/aromatic N) is 7. The molecule has 4 rings (SSSR count). The van der Waals surface area contributed by atoms with Crippen LogP contribution in [0.4, 0.5) is 11.6 Å². The summed E-state index contributed by atoms with van der Waals surface area (Å²) in [5, 5.41) is 6.92. The predicted molar refractivity (Wildman–Crippen MR) is 85.5 cm³/mol. The Labute approximate surface area is 137 Å². The first-order valence-corrected chi connectivity index (χ1v) is 7.43. The average molecular weight is 322 g/mol. The largest absolute Gasteiger partial charge is 0.355 e. The summed E-state index contributed by atoms with van der Waals surface area (Å²) >= 11 is 0. The molecule has 0 saturated carbocycles. The van der Waals surface area contributed by atoms with Crippen molar-refractivity contribution in [2.24, 2.45) is 5.92 Å². The Bertz CT molecular complexity index is 830. The molecule has 120 valence electrons. The molecular weight excluding hydrogens is 308 g/mol. The molecule has 1 aliphatic rings. The molecule has 0 aliphatic carbocycles. The Morgan fingerprint density at radius 3 is 2.75 bits per heavy atom. The quantitative estimate of drug-likeness (QED) is 0.747. The van der Waals surface area contributed by atoms with Crippen molar-refractivity contribution in [3.05, 3.63) is 49.4 Å². The molecular formula is C15H14N8O. The van der Waals surface area contributed by atoms with Gasteiger partial charge in [-0.05, 0) is 6.07 Å². The molecule has 1 aliphatic heterocycles. The fourth-order valence-corrected chi connectivity index (χ4v) is 2.46. The van der Waals surface area contributed by atoms with Gasteiger partial charge in [0.15, 0.2) is 11.6 Å². The maximum atomic E-state index is 12.2. The zero-order chi connectivity index (χ0) is 16.4. The van der Waals surface area contributed by atoms with E-state index in [0.29, 0.717) is 24.7 Å². The molecule has 3 aromatic rings. The van der Waals surface area contributed by atoms with Gasteiger partial charge >= 0.3 is 0 Å². The van der Waals surface area contributed by atoms with Gasteiger partial charge in [-0.25, -0.2) is 19.6 Å². The second kappa shape index (κ2) is 6.03. The van der Waals surface area contributed by atoms with Gasteiger partial charge < -0.3 is 10.2 Å². The van der Waals surface area contributed by atoms with E-state index in [4.69, 9.17) is 0 Å². The zero-order valence-electron chi connectivity index (χ0n) is 12.6. The van der Waals surface area contributed by atoms with Crippen LogP contribution in [0.3, 0.4) is 0 Å². The number of carbonyl (C=O) groups is 1. The highest BCUT2D eigenvalue weighted by Gasteiger charge is 2.33. The molecule has 9 heteroatoms. The fraction of sp³-hybridized carbons (Fsp3) is 0.200. The minimum atomic E-state index is -0.102. The van der Waals surface area contributed by atoms with E-state index in [1.807, 2.05) is 23.2 Å². The summed E-state index contributed by atoms with van der Waals surface area (Å²) in [5.74, 6) is 1.77. The highest BCUT2D eigenvalue weighted by Crippen LogP contribution is 2.24. The lowest BCUT2D eigenvalue weighted by molar-refractivity contribution is -0.120. The van der Waals surface area contributed by atoms with Gasteiger partial charge in [-0.2, -0.15) is 5.10 Å². The van der Waals surface area contributed by atoms with Crippen LogP contribution in [0.25, 0.3) is 5.82 Å². The Hall–Kier alpha value is -3.36. The van der Waals surface area contributed by atoms with Crippen molar-refractivity contribution >= 4 is 17.5 Å². The van der Waals surface area contributed by atoms with Gasteiger partial charge in [0.05, 0.1) is 12.1 Å². The molecule has 0 radical (unpaired) electrons. The molecule has 24 heavy (non-hydrogen) atoms. The average Bonchev–Trinajstić information content (AvgIpc) is 3.09. The summed E-state index contributed by atoms with van der Waals surface area (Å²) in [6.07, 6.45) is 9.64. The number of hydrogen-bond donors (Lipinski definition) is 1. The van der Waals surface area contributed by atoms with Gasteiger partial charge in [-0.15, -0.1) is 0 Å². The van der Waals surface area contributed by atoms with E-state index in [1.54, 1.807) is 23.3 Å². The first-order valence-electron chi connectivity index (χ1n) is 7.43. The van der Waals surface area contributed by atoms with Crippen LogP contribution in [-0.2, 0) is 4.79 Å². The number of hydrogen-bond acceptors (Lipinski definition) is 7. The van der Waals surface area contributed by atoms with E-state index in [9.17, 15) is 4.79 Å². The van der Waals surface area contributed by atoms with E-state index in [0.717, 1.165) is 5.82 Å². The maximum Gasteiger partial charge on any atom is 0.232 e. The summed E-state index contributed by atoms with van der Waals surface area (Å²) in [5.41, 5.74) is 0. The Balaban J connectivity index is 1.39. The van der Waals surface area contributed by atoms with E-state index in [1.165, 1.54) is 12.5 Å². The SMILES string of the molecule is O=C(Nc1cnccn1)C1CN(c2cc(-n3cccn3)ncn2)C1. The summed E-state index contributed by atoms with van der Waals surface area (Å²) in [4.78, 5) is 30.6. The summed E-state index contributed by atoms with van der Waals surface area (Å²) < 4.78 is 1.67. The highest BCUT2D eigenvalue weighted by molar-refractivity contribution is 5.93. The molecule has 1 saturated heterocycles. The molecule has 9 nitrogen and oxygen atoms in total. The van der Waals surface area contributed by atoms with Crippen LogP contribution in [0, 0.1) is 5.92 Å². The molecule has 1 N–H and O–H groups in total. The molecule has 0 unspecified atom stereocenters. The van der Waals surface area contributed by atoms with Gasteiger partial charge in [-0.1, -0.05) is 0 Å². The fourth-order valence-electron chi connectivity index (χ4n) is 2.46. The van der Waals surface area contributed by atoms with Gasteiger partial charge in [0.25, 0.3) is 0 Å². The lowest BCUT2D eigenvalue weighted by atomic mass is 9.99. The third-order valence-electron chi connectivity index (χ3n) is 3.77. The van der Waals surface area contributed by atoms with Crippen molar-refractivity contribution < 1.29 is 4.79 Å². The number of carbonyl (C=O) groups excluding carboxylic acids is 1. The third-order valence-corrected chi connectivity index (χ3v) is 3.77. The van der Waals surface area contributed by atoms with Gasteiger partial charge in [0.1, 0.15) is 12.1 Å². The first-order chi connectivity index (χ1) is 11.8. The summed E-state index contributed by atoms with van der Waals surface area (Å²) in [7, 11) is 0. The van der Waals surface area contributed by atoms with Crippen molar-refractivity contribution in [1.82, 2.24) is 29.7 Å². The summed E-state index contributed by atoms with van der Waals surface area (Å²) in [6, 6.07) is 3.68. The van der Waals surface area contributed by atoms with Crippen LogP contribution in [0.2, 0.25) is 0 Å². The Kier molecular flexibility index (Phi) is 3.58. The van der Waals surface area contributed by atoms with Crippen LogP contribution < -0.4 is 10.2 Å². The number of anilines is 2.